The second-order valence-electron chi connectivity index (χ2n) is 8.61. The zero-order valence-corrected chi connectivity index (χ0v) is 19.6. The molecule has 1 atom stereocenters. The summed E-state index contributed by atoms with van der Waals surface area (Å²) in [6.07, 6.45) is 0.285. The molecule has 1 N–H and O–H groups in total. The van der Waals surface area contributed by atoms with E-state index in [0.717, 1.165) is 18.2 Å². The molecule has 190 valence electrons. The van der Waals surface area contributed by atoms with Crippen molar-refractivity contribution in [2.75, 3.05) is 0 Å². The van der Waals surface area contributed by atoms with Crippen molar-refractivity contribution in [3.05, 3.63) is 77.0 Å². The third-order valence-corrected chi connectivity index (χ3v) is 6.95. The summed E-state index contributed by atoms with van der Waals surface area (Å²) in [6.45, 7) is 3.89. The number of thioether (sulfide) groups is 1. The maximum absolute atomic E-state index is 14.9. The van der Waals surface area contributed by atoms with E-state index in [-0.39, 0.29) is 24.8 Å². The third-order valence-electron chi connectivity index (χ3n) is 6.14. The van der Waals surface area contributed by atoms with Gasteiger partial charge in [0.1, 0.15) is 6.04 Å². The zero-order valence-electron chi connectivity index (χ0n) is 18.8. The van der Waals surface area contributed by atoms with Crippen molar-refractivity contribution in [1.82, 2.24) is 10.2 Å². The SMILES string of the molecule is C=C1CCC(N2Cc3cc(CCC(=O)C(F)(F)c4ccccc4SC(F)(F)F)ccc3C2=O)C(=O)N1. The van der Waals surface area contributed by atoms with E-state index in [1.54, 1.807) is 12.1 Å². The Morgan fingerprint density at radius 2 is 1.83 bits per heavy atom. The van der Waals surface area contributed by atoms with E-state index in [9.17, 15) is 36.3 Å². The minimum Gasteiger partial charge on any atom is -0.329 e. The first kappa shape index (κ1) is 25.9. The molecule has 1 fully saturated rings. The minimum atomic E-state index is -4.78. The van der Waals surface area contributed by atoms with Gasteiger partial charge < -0.3 is 10.2 Å². The Morgan fingerprint density at radius 1 is 1.11 bits per heavy atom. The summed E-state index contributed by atoms with van der Waals surface area (Å²) in [5.41, 5.74) is -3.65. The van der Waals surface area contributed by atoms with Crippen LogP contribution in [0.1, 0.15) is 46.3 Å². The first-order valence-electron chi connectivity index (χ1n) is 11.0. The maximum Gasteiger partial charge on any atom is 0.446 e. The number of ketones is 1. The summed E-state index contributed by atoms with van der Waals surface area (Å²) in [5, 5.41) is 2.64. The fraction of sp³-hybridized carbons (Fsp3) is 0.320. The van der Waals surface area contributed by atoms with Crippen LogP contribution in [0.3, 0.4) is 0 Å². The van der Waals surface area contributed by atoms with Crippen molar-refractivity contribution in [3.8, 4) is 0 Å². The molecule has 0 aromatic heterocycles. The van der Waals surface area contributed by atoms with Crippen LogP contribution in [0.15, 0.2) is 59.6 Å². The molecule has 0 spiro atoms. The Balaban J connectivity index is 1.45. The van der Waals surface area contributed by atoms with Crippen molar-refractivity contribution >= 4 is 29.4 Å². The number of Topliss-reactive ketones (excluding diaryl/α,β-unsaturated/α-hetero) is 1. The topological polar surface area (TPSA) is 66.5 Å². The van der Waals surface area contributed by atoms with Crippen molar-refractivity contribution < 1.29 is 36.3 Å². The van der Waals surface area contributed by atoms with Gasteiger partial charge in [0.05, 0.1) is 0 Å². The predicted octanol–water partition coefficient (Wildman–Crippen LogP) is 5.34. The standard InChI is InChI=1S/C25H21F5N2O3S/c1-14-6-10-19(22(34)31-14)32-13-16-12-15(7-9-17(16)23(32)35)8-11-21(33)24(26,27)18-4-2-3-5-20(18)36-25(28,29)30/h2-5,7,9,12,19H,1,6,8,10-11,13H2,(H,31,34). The number of nitrogens with zero attached hydrogens (tertiary/aromatic N) is 1. The van der Waals surface area contributed by atoms with E-state index in [0.29, 0.717) is 35.2 Å². The molecular weight excluding hydrogens is 503 g/mol. The second-order valence-corrected chi connectivity index (χ2v) is 9.72. The number of benzene rings is 2. The van der Waals surface area contributed by atoms with Crippen LogP contribution in [0, 0.1) is 0 Å². The summed E-state index contributed by atoms with van der Waals surface area (Å²) in [4.78, 5) is 38.2. The Hall–Kier alpha value is -3.21. The largest absolute Gasteiger partial charge is 0.446 e. The van der Waals surface area contributed by atoms with Crippen LogP contribution in [0.25, 0.3) is 0 Å². The number of carbonyl (C=O) groups is 3. The minimum absolute atomic E-state index is 0.0891. The van der Waals surface area contributed by atoms with Gasteiger partial charge in [0.15, 0.2) is 0 Å². The van der Waals surface area contributed by atoms with Gasteiger partial charge >= 0.3 is 11.4 Å². The average molecular weight is 525 g/mol. The number of fused-ring (bicyclic) bond motifs is 1. The lowest BCUT2D eigenvalue weighted by Gasteiger charge is -2.30. The molecule has 0 aliphatic carbocycles. The highest BCUT2D eigenvalue weighted by Gasteiger charge is 2.44. The molecule has 2 amide bonds. The van der Waals surface area contributed by atoms with Crippen molar-refractivity contribution in [1.29, 1.82) is 0 Å². The molecule has 2 aliphatic heterocycles. The Kier molecular flexibility index (Phi) is 6.96. The second kappa shape index (κ2) is 9.68. The van der Waals surface area contributed by atoms with Gasteiger partial charge in [-0.05, 0) is 54.3 Å². The number of allylic oxidation sites excluding steroid dienone is 1. The summed E-state index contributed by atoms with van der Waals surface area (Å²) < 4.78 is 68.1. The van der Waals surface area contributed by atoms with Gasteiger partial charge in [0.2, 0.25) is 11.7 Å². The first-order chi connectivity index (χ1) is 16.9. The van der Waals surface area contributed by atoms with Crippen LogP contribution in [-0.4, -0.2) is 34.0 Å². The molecule has 4 rings (SSSR count). The van der Waals surface area contributed by atoms with Gasteiger partial charge in [-0.1, -0.05) is 36.9 Å². The predicted molar refractivity (Wildman–Crippen MR) is 122 cm³/mol. The summed E-state index contributed by atoms with van der Waals surface area (Å²) in [6, 6.07) is 8.13. The number of carbonyl (C=O) groups excluding carboxylic acids is 3. The van der Waals surface area contributed by atoms with E-state index >= 15 is 0 Å². The molecular formula is C25H21F5N2O3S. The van der Waals surface area contributed by atoms with E-state index in [2.05, 4.69) is 11.9 Å². The lowest BCUT2D eigenvalue weighted by molar-refractivity contribution is -0.144. The number of hydrogen-bond donors (Lipinski definition) is 1. The number of aryl methyl sites for hydroxylation is 1. The molecule has 2 aromatic rings. The third kappa shape index (κ3) is 5.30. The van der Waals surface area contributed by atoms with Crippen LogP contribution >= 0.6 is 11.8 Å². The highest BCUT2D eigenvalue weighted by atomic mass is 32.2. The molecule has 2 aliphatic rings. The monoisotopic (exact) mass is 524 g/mol. The number of halogens is 5. The van der Waals surface area contributed by atoms with Gasteiger partial charge in [0, 0.05) is 34.7 Å². The highest BCUT2D eigenvalue weighted by Crippen LogP contribution is 2.43. The van der Waals surface area contributed by atoms with Crippen LogP contribution < -0.4 is 5.32 Å². The average Bonchev–Trinajstić information content (AvgIpc) is 3.12. The van der Waals surface area contributed by atoms with Crippen LogP contribution in [-0.2, 0) is 28.5 Å². The van der Waals surface area contributed by atoms with Crippen molar-refractivity contribution in [2.24, 2.45) is 0 Å². The number of rotatable bonds is 7. The quantitative estimate of drug-likeness (QED) is 0.392. The lowest BCUT2D eigenvalue weighted by Crippen LogP contribution is -2.49. The van der Waals surface area contributed by atoms with Crippen LogP contribution in [0.5, 0.6) is 0 Å². The van der Waals surface area contributed by atoms with Gasteiger partial charge in [-0.25, -0.2) is 0 Å². The number of amides is 2. The molecule has 2 heterocycles. The number of nitrogens with one attached hydrogen (secondary N) is 1. The molecule has 1 saturated heterocycles. The van der Waals surface area contributed by atoms with E-state index < -0.39 is 51.9 Å². The Bertz CT molecular complexity index is 1240. The summed E-state index contributed by atoms with van der Waals surface area (Å²) >= 11 is -0.690. The molecule has 0 bridgehead atoms. The zero-order chi connectivity index (χ0) is 26.3. The van der Waals surface area contributed by atoms with Crippen LogP contribution in [0.4, 0.5) is 22.0 Å². The Morgan fingerprint density at radius 3 is 2.53 bits per heavy atom. The molecule has 2 aromatic carbocycles. The van der Waals surface area contributed by atoms with Crippen molar-refractivity contribution in [2.45, 2.75) is 54.6 Å². The normalized spacial score (nSPS) is 18.3. The lowest BCUT2D eigenvalue weighted by atomic mass is 9.97. The van der Waals surface area contributed by atoms with E-state index in [1.807, 2.05) is 0 Å². The fourth-order valence-electron chi connectivity index (χ4n) is 4.37. The molecule has 0 saturated carbocycles. The molecule has 0 radical (unpaired) electrons. The fourth-order valence-corrected chi connectivity index (χ4v) is 5.07. The maximum atomic E-state index is 14.9. The number of alkyl halides is 5. The van der Waals surface area contributed by atoms with E-state index in [1.165, 1.54) is 17.0 Å². The molecule has 11 heteroatoms. The van der Waals surface area contributed by atoms with Crippen LogP contribution in [0.2, 0.25) is 0 Å². The molecule has 1 unspecified atom stereocenters. The summed E-state index contributed by atoms with van der Waals surface area (Å²) in [7, 11) is 0. The highest BCUT2D eigenvalue weighted by molar-refractivity contribution is 8.00. The van der Waals surface area contributed by atoms with Gasteiger partial charge in [0.25, 0.3) is 5.91 Å². The number of piperidine rings is 1. The first-order valence-corrected chi connectivity index (χ1v) is 11.9. The smallest absolute Gasteiger partial charge is 0.329 e. The van der Waals surface area contributed by atoms with Gasteiger partial charge in [-0.2, -0.15) is 22.0 Å². The van der Waals surface area contributed by atoms with Gasteiger partial charge in [-0.3, -0.25) is 14.4 Å². The molecule has 5 nitrogen and oxygen atoms in total. The summed E-state index contributed by atoms with van der Waals surface area (Å²) in [5.74, 6) is -6.23. The van der Waals surface area contributed by atoms with Gasteiger partial charge in [-0.15, -0.1) is 0 Å². The number of hydrogen-bond acceptors (Lipinski definition) is 4. The Labute approximate surface area is 207 Å². The van der Waals surface area contributed by atoms with Crippen molar-refractivity contribution in [3.63, 3.8) is 0 Å². The van der Waals surface area contributed by atoms with E-state index in [4.69, 9.17) is 0 Å². The molecule has 36 heavy (non-hydrogen) atoms.